The molecular weight excluding hydrogens is 322 g/mol. The number of fused-ring (bicyclic) bond motifs is 1. The van der Waals surface area contributed by atoms with Gasteiger partial charge in [0.2, 0.25) is 5.95 Å². The zero-order valence-corrected chi connectivity index (χ0v) is 13.5. The van der Waals surface area contributed by atoms with Gasteiger partial charge in [-0.05, 0) is 13.8 Å². The number of aromatic nitrogens is 4. The molecule has 0 spiro atoms. The van der Waals surface area contributed by atoms with Crippen molar-refractivity contribution in [3.05, 3.63) is 38.0 Å². The maximum atomic E-state index is 11.9. The van der Waals surface area contributed by atoms with Crippen LogP contribution in [0.5, 0.6) is 0 Å². The minimum atomic E-state index is -1.03. The Hall–Kier alpha value is -1.84. The average Bonchev–Trinajstić information content (AvgIpc) is 2.80. The molecule has 9 heteroatoms. The van der Waals surface area contributed by atoms with E-state index in [1.165, 1.54) is 29.7 Å². The first kappa shape index (κ1) is 15.1. The third kappa shape index (κ3) is 2.62. The molecule has 4 N–H and O–H groups in total. The van der Waals surface area contributed by atoms with Gasteiger partial charge in [0.1, 0.15) is 0 Å². The normalized spacial score (nSPS) is 15.9. The summed E-state index contributed by atoms with van der Waals surface area (Å²) in [5.41, 5.74) is 4.80. The minimum absolute atomic E-state index is 0.00452. The van der Waals surface area contributed by atoms with Crippen LogP contribution in [-0.2, 0) is 0 Å². The standard InChI is InChI=1S/C13H13N5O2S2/c1-5-21-8(9(22-5)13(2,3)20)6-4-15-10-7(16-6)11(19)18-12(14)17-10/h4,20H,1H2,2-3H3,(H3,14,15,17,18,19). The molecule has 0 amide bonds. The smallest absolute Gasteiger partial charge is 0.280 e. The van der Waals surface area contributed by atoms with E-state index in [1.807, 2.05) is 0 Å². The van der Waals surface area contributed by atoms with Gasteiger partial charge in [0.05, 0.1) is 22.4 Å². The van der Waals surface area contributed by atoms with Crippen molar-refractivity contribution in [2.45, 2.75) is 19.4 Å². The molecule has 2 aromatic heterocycles. The summed E-state index contributed by atoms with van der Waals surface area (Å²) in [6, 6.07) is 0. The molecular formula is C13H13N5O2S2. The van der Waals surface area contributed by atoms with Gasteiger partial charge in [-0.3, -0.25) is 9.78 Å². The van der Waals surface area contributed by atoms with Gasteiger partial charge in [-0.25, -0.2) is 9.97 Å². The van der Waals surface area contributed by atoms with E-state index in [9.17, 15) is 9.90 Å². The van der Waals surface area contributed by atoms with Gasteiger partial charge in [-0.1, -0.05) is 30.1 Å². The molecule has 0 bridgehead atoms. The fourth-order valence-corrected chi connectivity index (χ4v) is 4.32. The van der Waals surface area contributed by atoms with Crippen molar-refractivity contribution in [1.29, 1.82) is 0 Å². The summed E-state index contributed by atoms with van der Waals surface area (Å²) < 4.78 is 0.832. The number of anilines is 1. The molecule has 2 aromatic rings. The summed E-state index contributed by atoms with van der Waals surface area (Å²) in [6.07, 6.45) is 1.52. The van der Waals surface area contributed by atoms with Crippen LogP contribution in [0.2, 0.25) is 0 Å². The van der Waals surface area contributed by atoms with Crippen LogP contribution < -0.4 is 11.3 Å². The quantitative estimate of drug-likeness (QED) is 0.759. The van der Waals surface area contributed by atoms with E-state index in [-0.39, 0.29) is 17.1 Å². The van der Waals surface area contributed by atoms with Crippen molar-refractivity contribution in [2.24, 2.45) is 0 Å². The zero-order chi connectivity index (χ0) is 16.1. The number of H-pyrrole nitrogens is 1. The monoisotopic (exact) mass is 335 g/mol. The van der Waals surface area contributed by atoms with E-state index in [0.717, 1.165) is 14.0 Å². The van der Waals surface area contributed by atoms with Crippen molar-refractivity contribution < 1.29 is 5.11 Å². The molecule has 1 aliphatic rings. The Labute approximate surface area is 134 Å². The van der Waals surface area contributed by atoms with E-state index in [1.54, 1.807) is 13.8 Å². The van der Waals surface area contributed by atoms with E-state index < -0.39 is 11.2 Å². The average molecular weight is 335 g/mol. The summed E-state index contributed by atoms with van der Waals surface area (Å²) in [5, 5.41) is 10.3. The van der Waals surface area contributed by atoms with Gasteiger partial charge in [0.25, 0.3) is 5.56 Å². The summed E-state index contributed by atoms with van der Waals surface area (Å²) >= 11 is 2.80. The fourth-order valence-electron chi connectivity index (χ4n) is 1.96. The molecule has 3 rings (SSSR count). The third-order valence-electron chi connectivity index (χ3n) is 2.86. The second-order valence-electron chi connectivity index (χ2n) is 5.17. The van der Waals surface area contributed by atoms with Gasteiger partial charge in [0, 0.05) is 9.14 Å². The highest BCUT2D eigenvalue weighted by atomic mass is 32.2. The van der Waals surface area contributed by atoms with Crippen LogP contribution in [0, 0.1) is 0 Å². The Morgan fingerprint density at radius 1 is 1.36 bits per heavy atom. The predicted octanol–water partition coefficient (Wildman–Crippen LogP) is 1.69. The zero-order valence-electron chi connectivity index (χ0n) is 11.9. The number of nitrogen functional groups attached to an aromatic ring is 1. The first-order valence-corrected chi connectivity index (χ1v) is 7.93. The summed E-state index contributed by atoms with van der Waals surface area (Å²) in [6.45, 7) is 7.30. The SMILES string of the molecule is C=C1SC(c2cnc3nc(N)[nH]c(=O)c3n2)=C(C(C)(C)O)S1. The molecule has 7 nitrogen and oxygen atoms in total. The molecule has 0 fully saturated rings. The van der Waals surface area contributed by atoms with Gasteiger partial charge in [-0.15, -0.1) is 0 Å². The van der Waals surface area contributed by atoms with Crippen LogP contribution in [0.25, 0.3) is 16.1 Å². The van der Waals surface area contributed by atoms with Crippen molar-refractivity contribution >= 4 is 45.5 Å². The minimum Gasteiger partial charge on any atom is -0.385 e. The summed E-state index contributed by atoms with van der Waals surface area (Å²) in [7, 11) is 0. The Balaban J connectivity index is 2.22. The third-order valence-corrected chi connectivity index (χ3v) is 5.47. The first-order valence-electron chi connectivity index (χ1n) is 6.30. The highest BCUT2D eigenvalue weighted by Crippen LogP contribution is 2.55. The number of thioether (sulfide) groups is 2. The number of hydrogen-bond donors (Lipinski definition) is 3. The molecule has 0 saturated carbocycles. The van der Waals surface area contributed by atoms with Gasteiger partial charge in [-0.2, -0.15) is 4.98 Å². The number of aliphatic hydroxyl groups is 1. The number of hydrogen-bond acceptors (Lipinski definition) is 8. The second kappa shape index (κ2) is 5.11. The van der Waals surface area contributed by atoms with Crippen molar-refractivity contribution in [2.75, 3.05) is 5.73 Å². The van der Waals surface area contributed by atoms with Crippen molar-refractivity contribution in [3.63, 3.8) is 0 Å². The largest absolute Gasteiger partial charge is 0.385 e. The van der Waals surface area contributed by atoms with Crippen LogP contribution in [0.1, 0.15) is 19.5 Å². The van der Waals surface area contributed by atoms with Crippen LogP contribution in [0.15, 0.2) is 26.7 Å². The first-order chi connectivity index (χ1) is 10.3. The van der Waals surface area contributed by atoms with E-state index in [4.69, 9.17) is 5.73 Å². The Bertz CT molecular complexity index is 882. The summed E-state index contributed by atoms with van der Waals surface area (Å²) in [5.74, 6) is -0.00452. The lowest BCUT2D eigenvalue weighted by Gasteiger charge is -2.19. The molecule has 3 heterocycles. The van der Waals surface area contributed by atoms with E-state index >= 15 is 0 Å². The van der Waals surface area contributed by atoms with Gasteiger partial charge >= 0.3 is 0 Å². The van der Waals surface area contributed by atoms with Crippen molar-refractivity contribution in [1.82, 2.24) is 19.9 Å². The Morgan fingerprint density at radius 3 is 2.77 bits per heavy atom. The van der Waals surface area contributed by atoms with E-state index in [0.29, 0.717) is 5.69 Å². The van der Waals surface area contributed by atoms with Crippen molar-refractivity contribution in [3.8, 4) is 0 Å². The number of nitrogens with one attached hydrogen (secondary N) is 1. The number of aromatic amines is 1. The highest BCUT2D eigenvalue weighted by molar-refractivity contribution is 8.31. The van der Waals surface area contributed by atoms with Gasteiger partial charge < -0.3 is 10.8 Å². The molecule has 0 radical (unpaired) electrons. The topological polar surface area (TPSA) is 118 Å². The lowest BCUT2D eigenvalue weighted by atomic mass is 10.1. The van der Waals surface area contributed by atoms with E-state index in [2.05, 4.69) is 26.5 Å². The maximum absolute atomic E-state index is 11.9. The number of rotatable bonds is 2. The molecule has 0 aromatic carbocycles. The Kier molecular flexibility index (Phi) is 3.50. The predicted molar refractivity (Wildman–Crippen MR) is 89.9 cm³/mol. The highest BCUT2D eigenvalue weighted by Gasteiger charge is 2.32. The number of nitrogens with zero attached hydrogens (tertiary/aromatic N) is 3. The van der Waals surface area contributed by atoms with Crippen LogP contribution in [0.3, 0.4) is 0 Å². The molecule has 22 heavy (non-hydrogen) atoms. The lowest BCUT2D eigenvalue weighted by Crippen LogP contribution is -2.20. The summed E-state index contributed by atoms with van der Waals surface area (Å²) in [4.78, 5) is 28.2. The van der Waals surface area contributed by atoms with Gasteiger partial charge in [0.15, 0.2) is 11.2 Å². The molecule has 0 saturated heterocycles. The molecule has 0 aliphatic carbocycles. The molecule has 1 aliphatic heterocycles. The van der Waals surface area contributed by atoms with Crippen LogP contribution >= 0.6 is 23.5 Å². The lowest BCUT2D eigenvalue weighted by molar-refractivity contribution is 0.130. The second-order valence-corrected chi connectivity index (χ2v) is 7.64. The van der Waals surface area contributed by atoms with Crippen LogP contribution in [0.4, 0.5) is 5.95 Å². The molecule has 114 valence electrons. The Morgan fingerprint density at radius 2 is 2.09 bits per heavy atom. The van der Waals surface area contributed by atoms with Crippen LogP contribution in [-0.4, -0.2) is 30.6 Å². The maximum Gasteiger partial charge on any atom is 0.280 e. The molecule has 0 unspecified atom stereocenters. The fraction of sp³-hybridized carbons (Fsp3) is 0.231. The number of nitrogens with two attached hydrogens (primary N) is 1. The molecule has 0 atom stereocenters.